The summed E-state index contributed by atoms with van der Waals surface area (Å²) in [5.74, 6) is -0.306. The van der Waals surface area contributed by atoms with Crippen LogP contribution in [-0.4, -0.2) is 33.6 Å². The minimum atomic E-state index is -0.306. The summed E-state index contributed by atoms with van der Waals surface area (Å²) in [4.78, 5) is 19.1. The van der Waals surface area contributed by atoms with E-state index in [1.807, 2.05) is 6.92 Å². The van der Waals surface area contributed by atoms with Crippen LogP contribution in [0.15, 0.2) is 18.6 Å². The highest BCUT2D eigenvalue weighted by Gasteiger charge is 2.11. The number of hydrogen-bond donors (Lipinski definition) is 2. The van der Waals surface area contributed by atoms with Crippen LogP contribution in [0.3, 0.4) is 0 Å². The van der Waals surface area contributed by atoms with Gasteiger partial charge in [-0.1, -0.05) is 6.92 Å². The molecule has 0 aliphatic heterocycles. The van der Waals surface area contributed by atoms with Gasteiger partial charge in [0.2, 0.25) is 0 Å². The lowest BCUT2D eigenvalue weighted by atomic mass is 10.2. The maximum atomic E-state index is 11.4. The lowest BCUT2D eigenvalue weighted by Crippen LogP contribution is -2.37. The van der Waals surface area contributed by atoms with Gasteiger partial charge in [-0.25, -0.2) is 4.98 Å². The molecule has 5 heteroatoms. The first-order valence-corrected chi connectivity index (χ1v) is 4.45. The van der Waals surface area contributed by atoms with E-state index >= 15 is 0 Å². The van der Waals surface area contributed by atoms with Gasteiger partial charge in [-0.3, -0.25) is 9.78 Å². The first-order chi connectivity index (χ1) is 6.77. The van der Waals surface area contributed by atoms with Gasteiger partial charge >= 0.3 is 0 Å². The second-order valence-electron chi connectivity index (χ2n) is 2.85. The maximum absolute atomic E-state index is 11.4. The molecular weight excluding hydrogens is 182 g/mol. The second-order valence-corrected chi connectivity index (χ2v) is 2.85. The fraction of sp³-hybridized carbons (Fsp3) is 0.444. The molecule has 0 aliphatic carbocycles. The van der Waals surface area contributed by atoms with Crippen LogP contribution in [0.2, 0.25) is 0 Å². The van der Waals surface area contributed by atoms with Gasteiger partial charge in [-0.05, 0) is 6.42 Å². The molecule has 1 unspecified atom stereocenters. The molecule has 1 aromatic heterocycles. The zero-order valence-corrected chi connectivity index (χ0v) is 7.97. The molecule has 0 spiro atoms. The molecule has 5 nitrogen and oxygen atoms in total. The highest BCUT2D eigenvalue weighted by atomic mass is 16.3. The van der Waals surface area contributed by atoms with Crippen LogP contribution in [0, 0.1) is 0 Å². The zero-order valence-electron chi connectivity index (χ0n) is 7.97. The predicted molar refractivity (Wildman–Crippen MR) is 50.7 cm³/mol. The number of aliphatic hydroxyl groups excluding tert-OH is 1. The van der Waals surface area contributed by atoms with Crippen molar-refractivity contribution in [3.05, 3.63) is 24.3 Å². The van der Waals surface area contributed by atoms with E-state index in [4.69, 9.17) is 5.11 Å². The number of amides is 1. The number of rotatable bonds is 4. The number of aliphatic hydroxyl groups is 1. The Kier molecular flexibility index (Phi) is 4.00. The Balaban J connectivity index is 2.59. The molecule has 0 fully saturated rings. The Hall–Kier alpha value is -1.49. The van der Waals surface area contributed by atoms with Crippen LogP contribution in [0.1, 0.15) is 23.8 Å². The molecule has 0 bridgehead atoms. The van der Waals surface area contributed by atoms with E-state index in [1.165, 1.54) is 18.6 Å². The van der Waals surface area contributed by atoms with Crippen LogP contribution in [0.4, 0.5) is 0 Å². The van der Waals surface area contributed by atoms with Crippen molar-refractivity contribution in [1.82, 2.24) is 15.3 Å². The monoisotopic (exact) mass is 195 g/mol. The van der Waals surface area contributed by atoms with Gasteiger partial charge in [0.15, 0.2) is 0 Å². The van der Waals surface area contributed by atoms with Crippen LogP contribution >= 0.6 is 0 Å². The summed E-state index contributed by atoms with van der Waals surface area (Å²) in [6, 6.07) is -0.218. The predicted octanol–water partition coefficient (Wildman–Crippen LogP) is -0.0227. The minimum absolute atomic E-state index is 0.0670. The Morgan fingerprint density at radius 2 is 2.43 bits per heavy atom. The highest BCUT2D eigenvalue weighted by Crippen LogP contribution is 1.94. The molecule has 76 valence electrons. The molecule has 14 heavy (non-hydrogen) atoms. The van der Waals surface area contributed by atoms with Crippen LogP contribution < -0.4 is 5.32 Å². The van der Waals surface area contributed by atoms with Gasteiger partial charge in [-0.2, -0.15) is 0 Å². The fourth-order valence-corrected chi connectivity index (χ4v) is 0.952. The van der Waals surface area contributed by atoms with E-state index in [0.29, 0.717) is 6.42 Å². The molecule has 1 rings (SSSR count). The van der Waals surface area contributed by atoms with Crippen molar-refractivity contribution in [2.75, 3.05) is 6.61 Å². The van der Waals surface area contributed by atoms with Crippen molar-refractivity contribution >= 4 is 5.91 Å². The Morgan fingerprint density at radius 1 is 1.64 bits per heavy atom. The lowest BCUT2D eigenvalue weighted by molar-refractivity contribution is 0.0909. The molecular formula is C9H13N3O2. The summed E-state index contributed by atoms with van der Waals surface area (Å²) in [6.45, 7) is 1.82. The van der Waals surface area contributed by atoms with Crippen LogP contribution in [0.5, 0.6) is 0 Å². The summed E-state index contributed by atoms with van der Waals surface area (Å²) in [5, 5.41) is 11.5. The largest absolute Gasteiger partial charge is 0.394 e. The third-order valence-electron chi connectivity index (χ3n) is 1.84. The van der Waals surface area contributed by atoms with Gasteiger partial charge in [0.1, 0.15) is 5.69 Å². The average Bonchev–Trinajstić information content (AvgIpc) is 2.26. The summed E-state index contributed by atoms with van der Waals surface area (Å²) in [6.07, 6.45) is 5.02. The van der Waals surface area contributed by atoms with Crippen molar-refractivity contribution in [1.29, 1.82) is 0 Å². The zero-order chi connectivity index (χ0) is 10.4. The van der Waals surface area contributed by atoms with Crippen molar-refractivity contribution in [2.45, 2.75) is 19.4 Å². The van der Waals surface area contributed by atoms with E-state index in [-0.39, 0.29) is 24.2 Å². The van der Waals surface area contributed by atoms with E-state index < -0.39 is 0 Å². The van der Waals surface area contributed by atoms with Crippen LogP contribution in [-0.2, 0) is 0 Å². The molecule has 0 aromatic carbocycles. The third-order valence-corrected chi connectivity index (χ3v) is 1.84. The van der Waals surface area contributed by atoms with Gasteiger partial charge in [0, 0.05) is 12.4 Å². The van der Waals surface area contributed by atoms with E-state index in [1.54, 1.807) is 0 Å². The summed E-state index contributed by atoms with van der Waals surface area (Å²) >= 11 is 0. The average molecular weight is 195 g/mol. The quantitative estimate of drug-likeness (QED) is 0.707. The highest BCUT2D eigenvalue weighted by molar-refractivity contribution is 5.92. The Morgan fingerprint density at radius 3 is 2.93 bits per heavy atom. The van der Waals surface area contributed by atoms with Gasteiger partial charge < -0.3 is 10.4 Å². The molecule has 0 saturated heterocycles. The number of nitrogens with one attached hydrogen (secondary N) is 1. The van der Waals surface area contributed by atoms with Crippen LogP contribution in [0.25, 0.3) is 0 Å². The molecule has 1 amide bonds. The molecule has 1 heterocycles. The van der Waals surface area contributed by atoms with E-state index in [2.05, 4.69) is 15.3 Å². The molecule has 1 aromatic rings. The standard InChI is InChI=1S/C9H13N3O2/c1-2-7(6-13)12-9(14)8-5-10-3-4-11-8/h3-5,7,13H,2,6H2,1H3,(H,12,14). The number of carbonyl (C=O) groups excluding carboxylic acids is 1. The molecule has 0 aliphatic rings. The van der Waals surface area contributed by atoms with Gasteiger partial charge in [0.25, 0.3) is 5.91 Å². The van der Waals surface area contributed by atoms with E-state index in [0.717, 1.165) is 0 Å². The first-order valence-electron chi connectivity index (χ1n) is 4.45. The first kappa shape index (κ1) is 10.6. The van der Waals surface area contributed by atoms with Crippen molar-refractivity contribution in [2.24, 2.45) is 0 Å². The van der Waals surface area contributed by atoms with Crippen molar-refractivity contribution in [3.8, 4) is 0 Å². The topological polar surface area (TPSA) is 75.1 Å². The molecule has 1 atom stereocenters. The number of carbonyl (C=O) groups is 1. The normalized spacial score (nSPS) is 12.1. The lowest BCUT2D eigenvalue weighted by Gasteiger charge is -2.12. The van der Waals surface area contributed by atoms with Crippen molar-refractivity contribution < 1.29 is 9.90 Å². The minimum Gasteiger partial charge on any atom is -0.394 e. The molecule has 2 N–H and O–H groups in total. The number of aromatic nitrogens is 2. The molecule has 0 saturated carbocycles. The number of hydrogen-bond acceptors (Lipinski definition) is 4. The SMILES string of the molecule is CCC(CO)NC(=O)c1cnccn1. The van der Waals surface area contributed by atoms with Gasteiger partial charge in [0.05, 0.1) is 18.8 Å². The van der Waals surface area contributed by atoms with E-state index in [9.17, 15) is 4.79 Å². The second kappa shape index (κ2) is 5.29. The molecule has 0 radical (unpaired) electrons. The Bertz CT molecular complexity index is 285. The summed E-state index contributed by atoms with van der Waals surface area (Å²) in [7, 11) is 0. The Labute approximate surface area is 82.2 Å². The number of nitrogens with zero attached hydrogens (tertiary/aromatic N) is 2. The fourth-order valence-electron chi connectivity index (χ4n) is 0.952. The van der Waals surface area contributed by atoms with Crippen molar-refractivity contribution in [3.63, 3.8) is 0 Å². The third kappa shape index (κ3) is 2.77. The smallest absolute Gasteiger partial charge is 0.271 e. The summed E-state index contributed by atoms with van der Waals surface area (Å²) in [5.41, 5.74) is 0.263. The maximum Gasteiger partial charge on any atom is 0.271 e. The summed E-state index contributed by atoms with van der Waals surface area (Å²) < 4.78 is 0. The van der Waals surface area contributed by atoms with Gasteiger partial charge in [-0.15, -0.1) is 0 Å².